The molecule has 0 amide bonds. The third-order valence-electron chi connectivity index (χ3n) is 3.86. The van der Waals surface area contributed by atoms with Crippen molar-refractivity contribution in [2.24, 2.45) is 0 Å². The normalized spacial score (nSPS) is 20.1. The van der Waals surface area contributed by atoms with Gasteiger partial charge in [-0.05, 0) is 31.9 Å². The van der Waals surface area contributed by atoms with E-state index < -0.39 is 10.0 Å². The second kappa shape index (κ2) is 5.94. The van der Waals surface area contributed by atoms with Crippen LogP contribution in [0.1, 0.15) is 26.2 Å². The first-order valence-electron chi connectivity index (χ1n) is 7.15. The molecular weight excluding hydrogens is 322 g/mol. The van der Waals surface area contributed by atoms with Crippen LogP contribution in [0.3, 0.4) is 0 Å². The summed E-state index contributed by atoms with van der Waals surface area (Å²) in [6.07, 6.45) is 2.88. The standard InChI is InChI=1S/C14H17N3O3S2/c1-10-4-2-3-7-17(10)22(19,20)14-8-11(9-21-14)12-5-6-13(18)16-15-12/h5-6,8-10H,2-4,7H2,1H3,(H,16,18). The van der Waals surface area contributed by atoms with Crippen LogP contribution in [0.4, 0.5) is 0 Å². The molecule has 0 aromatic carbocycles. The molecule has 8 heteroatoms. The minimum absolute atomic E-state index is 0.0375. The van der Waals surface area contributed by atoms with E-state index in [1.165, 1.54) is 17.4 Å². The zero-order valence-electron chi connectivity index (χ0n) is 12.2. The van der Waals surface area contributed by atoms with Crippen molar-refractivity contribution in [3.63, 3.8) is 0 Å². The topological polar surface area (TPSA) is 83.1 Å². The predicted molar refractivity (Wildman–Crippen MR) is 85.4 cm³/mol. The second-order valence-electron chi connectivity index (χ2n) is 5.42. The van der Waals surface area contributed by atoms with Gasteiger partial charge < -0.3 is 0 Å². The number of hydrogen-bond donors (Lipinski definition) is 1. The fourth-order valence-electron chi connectivity index (χ4n) is 2.64. The van der Waals surface area contributed by atoms with E-state index in [0.29, 0.717) is 22.0 Å². The monoisotopic (exact) mass is 339 g/mol. The lowest BCUT2D eigenvalue weighted by molar-refractivity contribution is 0.269. The minimum Gasteiger partial charge on any atom is -0.268 e. The fraction of sp³-hybridized carbons (Fsp3) is 0.429. The predicted octanol–water partition coefficient (Wildman–Crippen LogP) is 2.06. The molecule has 0 spiro atoms. The van der Waals surface area contributed by atoms with Gasteiger partial charge in [-0.3, -0.25) is 4.79 Å². The molecule has 1 atom stereocenters. The molecular formula is C14H17N3O3S2. The molecule has 3 heterocycles. The summed E-state index contributed by atoms with van der Waals surface area (Å²) in [6.45, 7) is 2.53. The van der Waals surface area contributed by atoms with Crippen LogP contribution in [0, 0.1) is 0 Å². The van der Waals surface area contributed by atoms with Gasteiger partial charge in [0.15, 0.2) is 0 Å². The summed E-state index contributed by atoms with van der Waals surface area (Å²) < 4.78 is 27.4. The second-order valence-corrected chi connectivity index (χ2v) is 8.45. The van der Waals surface area contributed by atoms with E-state index in [9.17, 15) is 13.2 Å². The number of nitrogens with one attached hydrogen (secondary N) is 1. The lowest BCUT2D eigenvalue weighted by Gasteiger charge is -2.31. The molecule has 1 aliphatic heterocycles. The van der Waals surface area contributed by atoms with Gasteiger partial charge in [-0.15, -0.1) is 11.3 Å². The third-order valence-corrected chi connectivity index (χ3v) is 7.28. The fourth-order valence-corrected chi connectivity index (χ4v) is 5.64. The number of thiophene rings is 1. The number of H-pyrrole nitrogens is 1. The average molecular weight is 339 g/mol. The highest BCUT2D eigenvalue weighted by Gasteiger charge is 2.32. The summed E-state index contributed by atoms with van der Waals surface area (Å²) in [7, 11) is -3.45. The average Bonchev–Trinajstić information content (AvgIpc) is 2.99. The van der Waals surface area contributed by atoms with E-state index >= 15 is 0 Å². The smallest absolute Gasteiger partial charge is 0.264 e. The van der Waals surface area contributed by atoms with Crippen LogP contribution in [0.2, 0.25) is 0 Å². The molecule has 6 nitrogen and oxygen atoms in total. The Kier molecular flexibility index (Phi) is 4.16. The number of nitrogens with zero attached hydrogens (tertiary/aromatic N) is 2. The molecule has 1 unspecified atom stereocenters. The summed E-state index contributed by atoms with van der Waals surface area (Å²) in [5.41, 5.74) is 0.974. The van der Waals surface area contributed by atoms with Crippen molar-refractivity contribution in [3.05, 3.63) is 33.9 Å². The van der Waals surface area contributed by atoms with E-state index in [1.807, 2.05) is 6.92 Å². The Balaban J connectivity index is 1.92. The van der Waals surface area contributed by atoms with Crippen LogP contribution in [0.25, 0.3) is 11.3 Å². The van der Waals surface area contributed by atoms with Crippen LogP contribution in [-0.4, -0.2) is 35.5 Å². The molecule has 118 valence electrons. The first kappa shape index (κ1) is 15.4. The van der Waals surface area contributed by atoms with Gasteiger partial charge >= 0.3 is 0 Å². The number of sulfonamides is 1. The number of piperidine rings is 1. The molecule has 0 saturated carbocycles. The van der Waals surface area contributed by atoms with Crippen LogP contribution >= 0.6 is 11.3 Å². The van der Waals surface area contributed by atoms with Gasteiger partial charge in [0.1, 0.15) is 4.21 Å². The van der Waals surface area contributed by atoms with Crippen molar-refractivity contribution in [2.75, 3.05) is 6.54 Å². The zero-order valence-corrected chi connectivity index (χ0v) is 13.8. The van der Waals surface area contributed by atoms with Crippen molar-refractivity contribution in [3.8, 4) is 11.3 Å². The Morgan fingerprint density at radius 2 is 2.18 bits per heavy atom. The van der Waals surface area contributed by atoms with Gasteiger partial charge in [0, 0.05) is 29.6 Å². The van der Waals surface area contributed by atoms with E-state index in [0.717, 1.165) is 19.3 Å². The molecule has 0 bridgehead atoms. The Hall–Kier alpha value is -1.51. The highest BCUT2D eigenvalue weighted by Crippen LogP contribution is 2.31. The van der Waals surface area contributed by atoms with Crippen LogP contribution in [0.5, 0.6) is 0 Å². The van der Waals surface area contributed by atoms with Gasteiger partial charge in [0.05, 0.1) is 5.69 Å². The quantitative estimate of drug-likeness (QED) is 0.928. The molecule has 1 saturated heterocycles. The molecule has 22 heavy (non-hydrogen) atoms. The Bertz CT molecular complexity index is 805. The van der Waals surface area contributed by atoms with Gasteiger partial charge in [-0.25, -0.2) is 13.5 Å². The molecule has 0 radical (unpaired) electrons. The Labute approximate surface area is 132 Å². The van der Waals surface area contributed by atoms with Crippen molar-refractivity contribution < 1.29 is 8.42 Å². The van der Waals surface area contributed by atoms with E-state index in [4.69, 9.17) is 0 Å². The maximum absolute atomic E-state index is 12.8. The number of aromatic amines is 1. The molecule has 1 fully saturated rings. The van der Waals surface area contributed by atoms with Crippen molar-refractivity contribution in [1.82, 2.24) is 14.5 Å². The molecule has 0 aliphatic carbocycles. The van der Waals surface area contributed by atoms with E-state index in [-0.39, 0.29) is 11.6 Å². The maximum atomic E-state index is 12.8. The summed E-state index contributed by atoms with van der Waals surface area (Å²) in [5, 5.41) is 8.04. The number of hydrogen-bond acceptors (Lipinski definition) is 5. The molecule has 2 aromatic rings. The van der Waals surface area contributed by atoms with Crippen molar-refractivity contribution in [2.45, 2.75) is 36.4 Å². The summed E-state index contributed by atoms with van der Waals surface area (Å²) >= 11 is 1.19. The van der Waals surface area contributed by atoms with Gasteiger partial charge in [-0.2, -0.15) is 9.40 Å². The molecule has 3 rings (SSSR count). The third kappa shape index (κ3) is 2.86. The maximum Gasteiger partial charge on any atom is 0.264 e. The van der Waals surface area contributed by atoms with Gasteiger partial charge in [0.2, 0.25) is 0 Å². The SMILES string of the molecule is CC1CCCCN1S(=O)(=O)c1cc(-c2ccc(=O)[nH]n2)cs1. The van der Waals surface area contributed by atoms with Crippen LogP contribution in [0.15, 0.2) is 32.6 Å². The lowest BCUT2D eigenvalue weighted by Crippen LogP contribution is -2.41. The summed E-state index contributed by atoms with van der Waals surface area (Å²) in [5.74, 6) is 0. The van der Waals surface area contributed by atoms with Crippen LogP contribution < -0.4 is 5.56 Å². The van der Waals surface area contributed by atoms with Crippen molar-refractivity contribution >= 4 is 21.4 Å². The highest BCUT2D eigenvalue weighted by molar-refractivity contribution is 7.91. The minimum atomic E-state index is -3.45. The Morgan fingerprint density at radius 3 is 2.86 bits per heavy atom. The first-order valence-corrected chi connectivity index (χ1v) is 9.47. The molecule has 2 aromatic heterocycles. The van der Waals surface area contributed by atoms with E-state index in [1.54, 1.807) is 21.8 Å². The Morgan fingerprint density at radius 1 is 1.36 bits per heavy atom. The van der Waals surface area contributed by atoms with E-state index in [2.05, 4.69) is 10.2 Å². The van der Waals surface area contributed by atoms with Crippen LogP contribution in [-0.2, 0) is 10.0 Å². The molecule has 1 aliphatic rings. The van der Waals surface area contributed by atoms with Gasteiger partial charge in [0.25, 0.3) is 15.6 Å². The van der Waals surface area contributed by atoms with Crippen molar-refractivity contribution in [1.29, 1.82) is 0 Å². The largest absolute Gasteiger partial charge is 0.268 e. The number of rotatable bonds is 3. The van der Waals surface area contributed by atoms with Gasteiger partial charge in [-0.1, -0.05) is 6.42 Å². The first-order chi connectivity index (χ1) is 10.5. The lowest BCUT2D eigenvalue weighted by atomic mass is 10.1. The summed E-state index contributed by atoms with van der Waals surface area (Å²) in [4.78, 5) is 11.0. The highest BCUT2D eigenvalue weighted by atomic mass is 32.2. The summed E-state index contributed by atoms with van der Waals surface area (Å²) in [6, 6.07) is 4.62. The number of aromatic nitrogens is 2. The molecule has 1 N–H and O–H groups in total. The zero-order chi connectivity index (χ0) is 15.7.